The lowest BCUT2D eigenvalue weighted by Gasteiger charge is -2.40. The first-order chi connectivity index (χ1) is 9.03. The molecule has 1 atom stereocenters. The molecule has 2 rings (SSSR count). The van der Waals surface area contributed by atoms with Gasteiger partial charge in [0.05, 0.1) is 5.92 Å². The number of benzene rings is 1. The van der Waals surface area contributed by atoms with Gasteiger partial charge in [-0.05, 0) is 25.8 Å². The van der Waals surface area contributed by atoms with Crippen LogP contribution in [0.15, 0.2) is 30.3 Å². The minimum Gasteiger partial charge on any atom is -0.339 e. The Morgan fingerprint density at radius 2 is 2.05 bits per heavy atom. The lowest BCUT2D eigenvalue weighted by Crippen LogP contribution is -2.59. The van der Waals surface area contributed by atoms with Crippen molar-refractivity contribution >= 4 is 5.91 Å². The number of nitrogens with one attached hydrogen (secondary N) is 1. The summed E-state index contributed by atoms with van der Waals surface area (Å²) in [5, 5.41) is 3.45. The number of amides is 1. The first-order valence-corrected chi connectivity index (χ1v) is 7.12. The number of hydrogen-bond donors (Lipinski definition) is 1. The predicted octanol–water partition coefficient (Wildman–Crippen LogP) is 2.39. The molecule has 0 radical (unpaired) electrons. The van der Waals surface area contributed by atoms with E-state index in [1.54, 1.807) is 0 Å². The van der Waals surface area contributed by atoms with Gasteiger partial charge in [-0.2, -0.15) is 0 Å². The lowest BCUT2D eigenvalue weighted by molar-refractivity contribution is -0.135. The van der Waals surface area contributed by atoms with Crippen LogP contribution in [-0.2, 0) is 4.79 Å². The summed E-state index contributed by atoms with van der Waals surface area (Å²) in [6.45, 7) is 8.86. The fraction of sp³-hybridized carbons (Fsp3) is 0.562. The van der Waals surface area contributed by atoms with E-state index in [9.17, 15) is 4.79 Å². The highest BCUT2D eigenvalue weighted by Crippen LogP contribution is 2.23. The van der Waals surface area contributed by atoms with E-state index in [1.165, 1.54) is 0 Å². The van der Waals surface area contributed by atoms with Crippen LogP contribution in [0, 0.1) is 0 Å². The van der Waals surface area contributed by atoms with Crippen molar-refractivity contribution < 1.29 is 4.79 Å². The average Bonchev–Trinajstić information content (AvgIpc) is 2.39. The molecule has 1 unspecified atom stereocenters. The van der Waals surface area contributed by atoms with Crippen LogP contribution in [-0.4, -0.2) is 36.0 Å². The van der Waals surface area contributed by atoms with Crippen molar-refractivity contribution in [2.24, 2.45) is 0 Å². The Balaban J connectivity index is 2.13. The molecule has 19 heavy (non-hydrogen) atoms. The number of piperazine rings is 1. The average molecular weight is 260 g/mol. The molecule has 1 amide bonds. The minimum absolute atomic E-state index is 0.00454. The molecule has 3 heteroatoms. The zero-order valence-corrected chi connectivity index (χ0v) is 12.1. The highest BCUT2D eigenvalue weighted by Gasteiger charge is 2.31. The second kappa shape index (κ2) is 5.74. The van der Waals surface area contributed by atoms with E-state index in [1.807, 2.05) is 23.1 Å². The van der Waals surface area contributed by atoms with E-state index in [0.29, 0.717) is 0 Å². The van der Waals surface area contributed by atoms with E-state index < -0.39 is 0 Å². The molecule has 0 spiro atoms. The van der Waals surface area contributed by atoms with Crippen LogP contribution in [0.5, 0.6) is 0 Å². The Labute approximate surface area is 116 Å². The third-order valence-electron chi connectivity index (χ3n) is 3.79. The molecule has 1 aliphatic rings. The minimum atomic E-state index is -0.00454. The molecule has 104 valence electrons. The van der Waals surface area contributed by atoms with Crippen molar-refractivity contribution in [2.45, 2.75) is 38.6 Å². The first kappa shape index (κ1) is 14.1. The quantitative estimate of drug-likeness (QED) is 0.905. The fourth-order valence-corrected chi connectivity index (χ4v) is 2.79. The largest absolute Gasteiger partial charge is 0.339 e. The monoisotopic (exact) mass is 260 g/mol. The number of hydrogen-bond acceptors (Lipinski definition) is 2. The maximum absolute atomic E-state index is 12.7. The molecule has 0 aromatic heterocycles. The van der Waals surface area contributed by atoms with E-state index in [0.717, 1.165) is 31.6 Å². The number of carbonyl (C=O) groups excluding carboxylic acids is 1. The van der Waals surface area contributed by atoms with Crippen LogP contribution < -0.4 is 5.32 Å². The van der Waals surface area contributed by atoms with Crippen molar-refractivity contribution in [2.75, 3.05) is 19.6 Å². The predicted molar refractivity (Wildman–Crippen MR) is 78.1 cm³/mol. The fourth-order valence-electron chi connectivity index (χ4n) is 2.79. The van der Waals surface area contributed by atoms with Crippen molar-refractivity contribution in [3.63, 3.8) is 0 Å². The van der Waals surface area contributed by atoms with Gasteiger partial charge >= 0.3 is 0 Å². The molecule has 1 N–H and O–H groups in total. The summed E-state index contributed by atoms with van der Waals surface area (Å²) in [4.78, 5) is 14.7. The van der Waals surface area contributed by atoms with Crippen molar-refractivity contribution in [3.8, 4) is 0 Å². The highest BCUT2D eigenvalue weighted by molar-refractivity contribution is 5.84. The highest BCUT2D eigenvalue weighted by atomic mass is 16.2. The van der Waals surface area contributed by atoms with Gasteiger partial charge in [0.1, 0.15) is 0 Å². The summed E-state index contributed by atoms with van der Waals surface area (Å²) >= 11 is 0. The maximum Gasteiger partial charge on any atom is 0.230 e. The normalized spacial score (nSPS) is 20.1. The molecule has 0 bridgehead atoms. The standard InChI is InChI=1S/C16H24N2O/c1-4-14(13-8-6-5-7-9-13)15(19)18-11-10-17-16(2,3)12-18/h5-9,14,17H,4,10-12H2,1-3H3. The molecule has 1 saturated heterocycles. The van der Waals surface area contributed by atoms with Gasteiger partial charge in [0, 0.05) is 25.2 Å². The van der Waals surface area contributed by atoms with Gasteiger partial charge in [-0.25, -0.2) is 0 Å². The van der Waals surface area contributed by atoms with Gasteiger partial charge in [-0.3, -0.25) is 4.79 Å². The van der Waals surface area contributed by atoms with E-state index >= 15 is 0 Å². The molecule has 0 aliphatic carbocycles. The molecule has 1 aliphatic heterocycles. The summed E-state index contributed by atoms with van der Waals surface area (Å²) in [5.74, 6) is 0.262. The molecule has 1 aromatic carbocycles. The van der Waals surface area contributed by atoms with Gasteiger partial charge in [0.25, 0.3) is 0 Å². The van der Waals surface area contributed by atoms with E-state index in [4.69, 9.17) is 0 Å². The summed E-state index contributed by atoms with van der Waals surface area (Å²) < 4.78 is 0. The Kier molecular flexibility index (Phi) is 4.25. The van der Waals surface area contributed by atoms with Gasteiger partial charge in [-0.1, -0.05) is 37.3 Å². The maximum atomic E-state index is 12.7. The van der Waals surface area contributed by atoms with Gasteiger partial charge < -0.3 is 10.2 Å². The Bertz CT molecular complexity index is 428. The van der Waals surface area contributed by atoms with Gasteiger partial charge in [-0.15, -0.1) is 0 Å². The molecule has 1 heterocycles. The van der Waals surface area contributed by atoms with Gasteiger partial charge in [0.15, 0.2) is 0 Å². The Morgan fingerprint density at radius 3 is 2.63 bits per heavy atom. The van der Waals surface area contributed by atoms with E-state index in [2.05, 4.69) is 38.2 Å². The van der Waals surface area contributed by atoms with Crippen molar-refractivity contribution in [1.29, 1.82) is 0 Å². The topological polar surface area (TPSA) is 32.3 Å². The molecular formula is C16H24N2O. The third kappa shape index (κ3) is 3.35. The third-order valence-corrected chi connectivity index (χ3v) is 3.79. The Hall–Kier alpha value is -1.35. The van der Waals surface area contributed by atoms with Crippen LogP contribution in [0.25, 0.3) is 0 Å². The van der Waals surface area contributed by atoms with Crippen LogP contribution in [0.1, 0.15) is 38.7 Å². The van der Waals surface area contributed by atoms with Crippen LogP contribution in [0.4, 0.5) is 0 Å². The number of rotatable bonds is 3. The first-order valence-electron chi connectivity index (χ1n) is 7.12. The summed E-state index contributed by atoms with van der Waals surface area (Å²) in [6, 6.07) is 10.1. The summed E-state index contributed by atoms with van der Waals surface area (Å²) in [6.07, 6.45) is 0.854. The van der Waals surface area contributed by atoms with Gasteiger partial charge in [0.2, 0.25) is 5.91 Å². The zero-order valence-electron chi connectivity index (χ0n) is 12.1. The molecule has 0 saturated carbocycles. The van der Waals surface area contributed by atoms with Crippen molar-refractivity contribution in [3.05, 3.63) is 35.9 Å². The summed E-state index contributed by atoms with van der Waals surface area (Å²) in [7, 11) is 0. The molecular weight excluding hydrogens is 236 g/mol. The lowest BCUT2D eigenvalue weighted by atomic mass is 9.93. The summed E-state index contributed by atoms with van der Waals surface area (Å²) in [5.41, 5.74) is 1.15. The molecule has 3 nitrogen and oxygen atoms in total. The SMILES string of the molecule is CCC(C(=O)N1CCNC(C)(C)C1)c1ccccc1. The van der Waals surface area contributed by atoms with Crippen molar-refractivity contribution in [1.82, 2.24) is 10.2 Å². The van der Waals surface area contributed by atoms with Crippen LogP contribution in [0.3, 0.4) is 0 Å². The second-order valence-electron chi connectivity index (χ2n) is 5.94. The second-order valence-corrected chi connectivity index (χ2v) is 5.94. The number of carbonyl (C=O) groups is 1. The zero-order chi connectivity index (χ0) is 13.9. The smallest absolute Gasteiger partial charge is 0.230 e. The Morgan fingerprint density at radius 1 is 1.37 bits per heavy atom. The van der Waals surface area contributed by atoms with Crippen LogP contribution in [0.2, 0.25) is 0 Å². The molecule has 1 aromatic rings. The number of nitrogens with zero attached hydrogens (tertiary/aromatic N) is 1. The van der Waals surface area contributed by atoms with Crippen LogP contribution >= 0.6 is 0 Å². The molecule has 1 fully saturated rings. The van der Waals surface area contributed by atoms with E-state index in [-0.39, 0.29) is 17.4 Å².